The maximum Gasteiger partial charge on any atom is 0.270 e. The molecule has 0 heterocycles. The van der Waals surface area contributed by atoms with Crippen molar-refractivity contribution in [3.05, 3.63) is 90.0 Å². The zero-order chi connectivity index (χ0) is 19.7. The van der Waals surface area contributed by atoms with Gasteiger partial charge in [0.25, 0.3) is 10.0 Å². The first kappa shape index (κ1) is 18.1. The van der Waals surface area contributed by atoms with Crippen LogP contribution < -0.4 is 0 Å². The van der Waals surface area contributed by atoms with Gasteiger partial charge in [0.2, 0.25) is 0 Å². The summed E-state index contributed by atoms with van der Waals surface area (Å²) in [7, 11) is -2.17. The van der Waals surface area contributed by atoms with E-state index in [1.165, 1.54) is 17.8 Å². The van der Waals surface area contributed by atoms with E-state index in [4.69, 9.17) is 0 Å². The Hall–Kier alpha value is -3.29. The monoisotopic (exact) mass is 385 g/mol. The van der Waals surface area contributed by atoms with Crippen LogP contribution in [0.1, 0.15) is 11.1 Å². The normalized spacial score (nSPS) is 11.2. The van der Waals surface area contributed by atoms with Gasteiger partial charge in [0.1, 0.15) is 0 Å². The molecule has 138 valence electrons. The van der Waals surface area contributed by atoms with Crippen molar-refractivity contribution in [3.8, 4) is 12.0 Å². The summed E-state index contributed by atoms with van der Waals surface area (Å²) in [5.74, 6) is 2.97. The van der Waals surface area contributed by atoms with Gasteiger partial charge in [0.15, 0.2) is 0 Å². The lowest BCUT2D eigenvalue weighted by molar-refractivity contribution is 0.547. The topological polar surface area (TPSA) is 37.4 Å². The molecule has 4 heteroatoms. The molecule has 0 unspecified atom stereocenters. The third-order valence-electron chi connectivity index (χ3n) is 4.74. The predicted molar refractivity (Wildman–Crippen MR) is 114 cm³/mol. The SMILES string of the molecule is Cc1ccc(S(=O)(=O)N(C)C#Cc2ccc3cc4ccccc4cc3c2)cc1. The highest BCUT2D eigenvalue weighted by Crippen LogP contribution is 2.23. The van der Waals surface area contributed by atoms with Crippen molar-refractivity contribution in [3.63, 3.8) is 0 Å². The smallest absolute Gasteiger partial charge is 0.227 e. The molecule has 0 N–H and O–H groups in total. The van der Waals surface area contributed by atoms with E-state index in [1.807, 2.05) is 37.3 Å². The summed E-state index contributed by atoms with van der Waals surface area (Å²) in [6.45, 7) is 1.92. The highest BCUT2D eigenvalue weighted by molar-refractivity contribution is 7.89. The van der Waals surface area contributed by atoms with E-state index in [-0.39, 0.29) is 4.90 Å². The molecule has 4 aromatic rings. The van der Waals surface area contributed by atoms with E-state index in [0.717, 1.165) is 26.2 Å². The lowest BCUT2D eigenvalue weighted by atomic mass is 10.0. The van der Waals surface area contributed by atoms with Crippen LogP contribution in [0.5, 0.6) is 0 Å². The Balaban J connectivity index is 1.67. The van der Waals surface area contributed by atoms with Crippen molar-refractivity contribution in [2.75, 3.05) is 7.05 Å². The number of hydrogen-bond acceptors (Lipinski definition) is 2. The fraction of sp³-hybridized carbons (Fsp3) is 0.0833. The minimum atomic E-state index is -3.64. The number of nitrogens with zero attached hydrogens (tertiary/aromatic N) is 1. The Morgan fingerprint density at radius 1 is 0.750 bits per heavy atom. The van der Waals surface area contributed by atoms with Crippen LogP contribution in [0.4, 0.5) is 0 Å². The lowest BCUT2D eigenvalue weighted by Gasteiger charge is -2.12. The second-order valence-corrected chi connectivity index (χ2v) is 8.75. The molecule has 0 radical (unpaired) electrons. The van der Waals surface area contributed by atoms with Crippen molar-refractivity contribution in [2.24, 2.45) is 0 Å². The molecular weight excluding hydrogens is 366 g/mol. The largest absolute Gasteiger partial charge is 0.270 e. The van der Waals surface area contributed by atoms with Crippen LogP contribution in [0.2, 0.25) is 0 Å². The maximum atomic E-state index is 12.6. The average Bonchev–Trinajstić information content (AvgIpc) is 2.70. The molecule has 0 amide bonds. The molecule has 28 heavy (non-hydrogen) atoms. The van der Waals surface area contributed by atoms with Gasteiger partial charge >= 0.3 is 0 Å². The van der Waals surface area contributed by atoms with Gasteiger partial charge in [-0.05, 0) is 70.8 Å². The number of fused-ring (bicyclic) bond motifs is 2. The molecule has 4 aromatic carbocycles. The summed E-state index contributed by atoms with van der Waals surface area (Å²) in [4.78, 5) is 0.236. The molecule has 0 saturated carbocycles. The number of rotatable bonds is 2. The van der Waals surface area contributed by atoms with Gasteiger partial charge in [-0.3, -0.25) is 0 Å². The van der Waals surface area contributed by atoms with Crippen LogP contribution >= 0.6 is 0 Å². The molecule has 0 spiro atoms. The molecule has 0 atom stereocenters. The van der Waals surface area contributed by atoms with E-state index in [9.17, 15) is 8.42 Å². The quantitative estimate of drug-likeness (QED) is 0.279. The van der Waals surface area contributed by atoms with Crippen LogP contribution in [0, 0.1) is 18.9 Å². The zero-order valence-corrected chi connectivity index (χ0v) is 16.5. The average molecular weight is 385 g/mol. The van der Waals surface area contributed by atoms with Crippen LogP contribution in [-0.2, 0) is 10.0 Å². The minimum absolute atomic E-state index is 0.236. The molecule has 4 rings (SSSR count). The second-order valence-electron chi connectivity index (χ2n) is 6.78. The summed E-state index contributed by atoms with van der Waals surface area (Å²) in [6.07, 6.45) is 0. The van der Waals surface area contributed by atoms with Crippen molar-refractivity contribution in [2.45, 2.75) is 11.8 Å². The van der Waals surface area contributed by atoms with Gasteiger partial charge < -0.3 is 0 Å². The molecule has 0 fully saturated rings. The Bertz CT molecular complexity index is 1340. The van der Waals surface area contributed by atoms with E-state index in [1.54, 1.807) is 24.3 Å². The predicted octanol–water partition coefficient (Wildman–Crippen LogP) is 4.93. The standard InChI is InChI=1S/C24H19NO2S/c1-18-7-11-24(12-8-18)28(26,27)25(2)14-13-19-9-10-22-16-20-5-3-4-6-21(20)17-23(22)15-19/h3-12,15-17H,1-2H3. The zero-order valence-electron chi connectivity index (χ0n) is 15.7. The summed E-state index contributed by atoms with van der Waals surface area (Å²) in [5, 5.41) is 4.57. The summed E-state index contributed by atoms with van der Waals surface area (Å²) >= 11 is 0. The van der Waals surface area contributed by atoms with Crippen molar-refractivity contribution >= 4 is 31.6 Å². The van der Waals surface area contributed by atoms with Crippen molar-refractivity contribution in [1.29, 1.82) is 0 Å². The third-order valence-corrected chi connectivity index (χ3v) is 6.42. The molecule has 0 aliphatic heterocycles. The third kappa shape index (κ3) is 3.45. The highest BCUT2D eigenvalue weighted by atomic mass is 32.2. The molecule has 0 aromatic heterocycles. The van der Waals surface area contributed by atoms with Gasteiger partial charge in [-0.2, -0.15) is 0 Å². The summed E-state index contributed by atoms with van der Waals surface area (Å²) in [5.41, 5.74) is 1.78. The Morgan fingerprint density at radius 2 is 1.36 bits per heavy atom. The van der Waals surface area contributed by atoms with E-state index in [0.29, 0.717) is 0 Å². The van der Waals surface area contributed by atoms with E-state index in [2.05, 4.69) is 36.2 Å². The summed E-state index contributed by atoms with van der Waals surface area (Å²) in [6, 6.07) is 27.9. The number of sulfonamides is 1. The first-order valence-corrected chi connectivity index (χ1v) is 10.4. The van der Waals surface area contributed by atoms with Crippen molar-refractivity contribution in [1.82, 2.24) is 4.31 Å². The van der Waals surface area contributed by atoms with Gasteiger partial charge in [-0.15, -0.1) is 0 Å². The first-order chi connectivity index (χ1) is 13.4. The molecule has 0 bridgehead atoms. The van der Waals surface area contributed by atoms with Gasteiger partial charge in [-0.25, -0.2) is 12.7 Å². The fourth-order valence-electron chi connectivity index (χ4n) is 3.09. The summed E-state index contributed by atoms with van der Waals surface area (Å²) < 4.78 is 26.4. The molecular formula is C24H19NO2S. The number of hydrogen-bond donors (Lipinski definition) is 0. The lowest BCUT2D eigenvalue weighted by Crippen LogP contribution is -2.22. The van der Waals surface area contributed by atoms with Crippen LogP contribution in [0.25, 0.3) is 21.5 Å². The van der Waals surface area contributed by atoms with E-state index < -0.39 is 10.0 Å². The van der Waals surface area contributed by atoms with Gasteiger partial charge in [-0.1, -0.05) is 48.0 Å². The van der Waals surface area contributed by atoms with Gasteiger partial charge in [0.05, 0.1) is 4.90 Å². The Labute approximate surface area is 165 Å². The van der Waals surface area contributed by atoms with E-state index >= 15 is 0 Å². The first-order valence-electron chi connectivity index (χ1n) is 8.93. The van der Waals surface area contributed by atoms with Gasteiger partial charge in [0, 0.05) is 18.7 Å². The molecule has 0 aliphatic carbocycles. The fourth-order valence-corrected chi connectivity index (χ4v) is 4.05. The highest BCUT2D eigenvalue weighted by Gasteiger charge is 2.17. The Morgan fingerprint density at radius 3 is 2.04 bits per heavy atom. The second kappa shape index (κ2) is 7.03. The number of benzene rings is 4. The minimum Gasteiger partial charge on any atom is -0.227 e. The van der Waals surface area contributed by atoms with Crippen LogP contribution in [0.15, 0.2) is 83.8 Å². The van der Waals surface area contributed by atoms with Crippen molar-refractivity contribution < 1.29 is 8.42 Å². The van der Waals surface area contributed by atoms with Crippen LogP contribution in [0.3, 0.4) is 0 Å². The molecule has 0 saturated heterocycles. The maximum absolute atomic E-state index is 12.6. The Kier molecular flexibility index (Phi) is 4.54. The number of aryl methyl sites for hydroxylation is 1. The molecule has 3 nitrogen and oxygen atoms in total. The van der Waals surface area contributed by atoms with Crippen LogP contribution in [-0.4, -0.2) is 19.8 Å². The molecule has 0 aliphatic rings.